The molecule has 0 aromatic heterocycles. The van der Waals surface area contributed by atoms with E-state index in [2.05, 4.69) is 0 Å². The third kappa shape index (κ3) is 2.38. The van der Waals surface area contributed by atoms with Gasteiger partial charge in [0.15, 0.2) is 6.10 Å². The minimum Gasteiger partial charge on any atom is -0.508 e. The summed E-state index contributed by atoms with van der Waals surface area (Å²) in [6.45, 7) is 0. The van der Waals surface area contributed by atoms with Crippen LogP contribution in [0.5, 0.6) is 5.75 Å². The summed E-state index contributed by atoms with van der Waals surface area (Å²) in [5.41, 5.74) is -0.200. The summed E-state index contributed by atoms with van der Waals surface area (Å²) in [5.74, 6) is -1.96. The molecule has 0 radical (unpaired) electrons. The van der Waals surface area contributed by atoms with Crippen LogP contribution >= 0.6 is 11.6 Å². The summed E-state index contributed by atoms with van der Waals surface area (Å²) in [6.07, 6.45) is -3.80. The van der Waals surface area contributed by atoms with E-state index in [0.717, 1.165) is 0 Å². The topological polar surface area (TPSA) is 98.0 Å². The van der Waals surface area contributed by atoms with E-state index in [1.165, 1.54) is 18.2 Å². The zero-order chi connectivity index (χ0) is 11.6. The smallest absolute Gasteiger partial charge is 0.335 e. The summed E-state index contributed by atoms with van der Waals surface area (Å²) in [6, 6.07) is 4.04. The normalized spacial score (nSPS) is 14.6. The van der Waals surface area contributed by atoms with Gasteiger partial charge in [-0.2, -0.15) is 0 Å². The van der Waals surface area contributed by atoms with Gasteiger partial charge in [-0.15, -0.1) is 0 Å². The van der Waals surface area contributed by atoms with Gasteiger partial charge in [-0.25, -0.2) is 4.79 Å². The van der Waals surface area contributed by atoms with Crippen LogP contribution in [-0.4, -0.2) is 32.5 Å². The fourth-order valence-corrected chi connectivity index (χ4v) is 1.39. The molecule has 6 heteroatoms. The molecule has 0 saturated carbocycles. The maximum absolute atomic E-state index is 10.4. The summed E-state index contributed by atoms with van der Waals surface area (Å²) >= 11 is 5.65. The second-order valence-electron chi connectivity index (χ2n) is 2.90. The molecular formula is C9H9ClO5. The molecule has 1 aromatic rings. The van der Waals surface area contributed by atoms with E-state index in [-0.39, 0.29) is 16.3 Å². The van der Waals surface area contributed by atoms with Crippen molar-refractivity contribution in [2.75, 3.05) is 0 Å². The molecule has 0 aliphatic rings. The molecule has 82 valence electrons. The molecule has 15 heavy (non-hydrogen) atoms. The van der Waals surface area contributed by atoms with Crippen LogP contribution in [0.3, 0.4) is 0 Å². The number of halogens is 1. The Morgan fingerprint density at radius 1 is 1.33 bits per heavy atom. The number of aliphatic hydroxyl groups excluding tert-OH is 2. The van der Waals surface area contributed by atoms with Gasteiger partial charge < -0.3 is 20.4 Å². The highest BCUT2D eigenvalue weighted by Gasteiger charge is 2.28. The van der Waals surface area contributed by atoms with Gasteiger partial charge in [0, 0.05) is 5.56 Å². The van der Waals surface area contributed by atoms with Crippen molar-refractivity contribution in [1.29, 1.82) is 0 Å². The van der Waals surface area contributed by atoms with Crippen LogP contribution in [0.1, 0.15) is 11.7 Å². The minimum absolute atomic E-state index is 0.0113. The van der Waals surface area contributed by atoms with Crippen molar-refractivity contribution >= 4 is 17.6 Å². The summed E-state index contributed by atoms with van der Waals surface area (Å²) in [7, 11) is 0. The van der Waals surface area contributed by atoms with Gasteiger partial charge in [-0.3, -0.25) is 0 Å². The van der Waals surface area contributed by atoms with Crippen molar-refractivity contribution < 1.29 is 25.2 Å². The van der Waals surface area contributed by atoms with Gasteiger partial charge in [0.05, 0.1) is 5.02 Å². The third-order valence-electron chi connectivity index (χ3n) is 1.88. The molecule has 1 aromatic carbocycles. The predicted octanol–water partition coefficient (Wildman–Crippen LogP) is 0.525. The number of aliphatic hydroxyl groups is 2. The van der Waals surface area contributed by atoms with Crippen LogP contribution in [0.15, 0.2) is 18.2 Å². The Bertz CT molecular complexity index is 359. The number of aliphatic carboxylic acids is 1. The Morgan fingerprint density at radius 3 is 2.40 bits per heavy atom. The molecule has 0 aliphatic heterocycles. The number of hydrogen-bond acceptors (Lipinski definition) is 4. The van der Waals surface area contributed by atoms with Crippen molar-refractivity contribution in [3.05, 3.63) is 28.8 Å². The number of aromatic hydroxyl groups is 1. The Kier molecular flexibility index (Phi) is 3.52. The van der Waals surface area contributed by atoms with Crippen LogP contribution < -0.4 is 0 Å². The first kappa shape index (κ1) is 11.8. The predicted molar refractivity (Wildman–Crippen MR) is 51.7 cm³/mol. The van der Waals surface area contributed by atoms with E-state index in [9.17, 15) is 15.0 Å². The van der Waals surface area contributed by atoms with Crippen LogP contribution in [0.4, 0.5) is 0 Å². The van der Waals surface area contributed by atoms with Crippen molar-refractivity contribution in [2.45, 2.75) is 12.2 Å². The lowest BCUT2D eigenvalue weighted by atomic mass is 10.0. The second-order valence-corrected chi connectivity index (χ2v) is 3.31. The van der Waals surface area contributed by atoms with Crippen LogP contribution in [0.25, 0.3) is 0 Å². The number of phenols is 1. The maximum Gasteiger partial charge on any atom is 0.335 e. The Labute approximate surface area is 90.2 Å². The maximum atomic E-state index is 10.4. The molecule has 2 unspecified atom stereocenters. The van der Waals surface area contributed by atoms with Gasteiger partial charge in [-0.1, -0.05) is 17.7 Å². The molecule has 2 atom stereocenters. The van der Waals surface area contributed by atoms with Gasteiger partial charge in [0.25, 0.3) is 0 Å². The lowest BCUT2D eigenvalue weighted by Gasteiger charge is -2.16. The van der Waals surface area contributed by atoms with Crippen molar-refractivity contribution in [3.63, 3.8) is 0 Å². The first-order chi connectivity index (χ1) is 6.95. The number of hydrogen-bond donors (Lipinski definition) is 4. The van der Waals surface area contributed by atoms with E-state index in [4.69, 9.17) is 21.8 Å². The molecule has 0 saturated heterocycles. The van der Waals surface area contributed by atoms with Gasteiger partial charge >= 0.3 is 5.97 Å². The van der Waals surface area contributed by atoms with Crippen molar-refractivity contribution in [1.82, 2.24) is 0 Å². The highest BCUT2D eigenvalue weighted by molar-refractivity contribution is 6.31. The molecule has 0 amide bonds. The number of benzene rings is 1. The summed E-state index contributed by atoms with van der Waals surface area (Å²) in [4.78, 5) is 10.4. The van der Waals surface area contributed by atoms with E-state index < -0.39 is 18.2 Å². The Balaban J connectivity index is 3.10. The second kappa shape index (κ2) is 4.48. The fourth-order valence-electron chi connectivity index (χ4n) is 1.11. The average Bonchev–Trinajstić information content (AvgIpc) is 2.15. The lowest BCUT2D eigenvalue weighted by Crippen LogP contribution is -2.27. The number of carboxylic acids is 1. The molecule has 4 N–H and O–H groups in total. The van der Waals surface area contributed by atoms with E-state index in [1.807, 2.05) is 0 Å². The number of phenolic OH excluding ortho intramolecular Hbond substituents is 1. The SMILES string of the molecule is O=C(O)C(O)C(O)c1c(O)cccc1Cl. The quantitative estimate of drug-likeness (QED) is 0.609. The first-order valence-corrected chi connectivity index (χ1v) is 4.39. The monoisotopic (exact) mass is 232 g/mol. The molecule has 0 heterocycles. The summed E-state index contributed by atoms with van der Waals surface area (Å²) in [5, 5.41) is 36.3. The van der Waals surface area contributed by atoms with Gasteiger partial charge in [0.1, 0.15) is 11.9 Å². The highest BCUT2D eigenvalue weighted by Crippen LogP contribution is 2.32. The highest BCUT2D eigenvalue weighted by atomic mass is 35.5. The molecule has 0 aliphatic carbocycles. The third-order valence-corrected chi connectivity index (χ3v) is 2.21. The number of carbonyl (C=O) groups is 1. The van der Waals surface area contributed by atoms with Crippen LogP contribution in [-0.2, 0) is 4.79 Å². The van der Waals surface area contributed by atoms with E-state index >= 15 is 0 Å². The number of carboxylic acid groups (broad SMARTS) is 1. The van der Waals surface area contributed by atoms with Crippen molar-refractivity contribution in [3.8, 4) is 5.75 Å². The Hall–Kier alpha value is -1.30. The minimum atomic E-state index is -2.03. The standard InChI is InChI=1S/C9H9ClO5/c10-4-2-1-3-5(11)6(4)7(12)8(13)9(14)15/h1-3,7-8,11-13H,(H,14,15). The zero-order valence-corrected chi connectivity index (χ0v) is 8.22. The van der Waals surface area contributed by atoms with Crippen LogP contribution in [0, 0.1) is 0 Å². The number of rotatable bonds is 3. The molecule has 0 fully saturated rings. The lowest BCUT2D eigenvalue weighted by molar-refractivity contribution is -0.153. The average molecular weight is 233 g/mol. The molecule has 5 nitrogen and oxygen atoms in total. The van der Waals surface area contributed by atoms with E-state index in [0.29, 0.717) is 0 Å². The fraction of sp³-hybridized carbons (Fsp3) is 0.222. The molecule has 0 bridgehead atoms. The van der Waals surface area contributed by atoms with Crippen molar-refractivity contribution in [2.24, 2.45) is 0 Å². The van der Waals surface area contributed by atoms with E-state index in [1.54, 1.807) is 0 Å². The van der Waals surface area contributed by atoms with Gasteiger partial charge in [-0.05, 0) is 12.1 Å². The van der Waals surface area contributed by atoms with Crippen LogP contribution in [0.2, 0.25) is 5.02 Å². The Morgan fingerprint density at radius 2 is 1.93 bits per heavy atom. The molecule has 0 spiro atoms. The summed E-state index contributed by atoms with van der Waals surface area (Å²) < 4.78 is 0. The first-order valence-electron chi connectivity index (χ1n) is 4.01. The van der Waals surface area contributed by atoms with Gasteiger partial charge in [0.2, 0.25) is 0 Å². The molecular weight excluding hydrogens is 224 g/mol. The largest absolute Gasteiger partial charge is 0.508 e. The zero-order valence-electron chi connectivity index (χ0n) is 7.46. The molecule has 1 rings (SSSR count).